The first-order valence-corrected chi connectivity index (χ1v) is 5.94. The lowest BCUT2D eigenvalue weighted by atomic mass is 10.2. The Kier molecular flexibility index (Phi) is 3.75. The van der Waals surface area contributed by atoms with Gasteiger partial charge >= 0.3 is 0 Å². The fourth-order valence-electron chi connectivity index (χ4n) is 1.40. The van der Waals surface area contributed by atoms with E-state index in [1.807, 2.05) is 6.07 Å². The summed E-state index contributed by atoms with van der Waals surface area (Å²) in [6.45, 7) is 0.144. The minimum atomic E-state index is -0.171. The average molecular weight is 305 g/mol. The zero-order chi connectivity index (χ0) is 13.0. The molecule has 0 aliphatic rings. The zero-order valence-electron chi connectivity index (χ0n) is 9.30. The maximum absolute atomic E-state index is 11.7. The Morgan fingerprint density at radius 3 is 2.72 bits per heavy atom. The maximum atomic E-state index is 11.7. The van der Waals surface area contributed by atoms with Crippen molar-refractivity contribution in [1.82, 2.24) is 9.78 Å². The highest BCUT2D eigenvalue weighted by Crippen LogP contribution is 2.09. The molecule has 0 unspecified atom stereocenters. The lowest BCUT2D eigenvalue weighted by Crippen LogP contribution is -2.18. The minimum Gasteiger partial charge on any atom is -0.324 e. The zero-order valence-corrected chi connectivity index (χ0v) is 10.9. The predicted molar refractivity (Wildman–Crippen MR) is 69.7 cm³/mol. The molecule has 0 saturated heterocycles. The highest BCUT2D eigenvalue weighted by molar-refractivity contribution is 9.10. The molecule has 2 rings (SSSR count). The second-order valence-corrected chi connectivity index (χ2v) is 4.51. The second-order valence-electron chi connectivity index (χ2n) is 3.59. The van der Waals surface area contributed by atoms with Crippen molar-refractivity contribution in [3.8, 4) is 6.07 Å². The Morgan fingerprint density at radius 1 is 1.44 bits per heavy atom. The largest absolute Gasteiger partial charge is 0.324 e. The molecule has 1 amide bonds. The van der Waals surface area contributed by atoms with Crippen LogP contribution in [0.15, 0.2) is 41.1 Å². The van der Waals surface area contributed by atoms with Crippen LogP contribution < -0.4 is 5.32 Å². The Labute approximate surface area is 112 Å². The molecule has 1 N–H and O–H groups in total. The standard InChI is InChI=1S/C12H9BrN4O/c13-10-6-15-17(7-10)8-12(18)16-11-3-1-9(5-14)2-4-11/h1-4,6-7H,8H2,(H,16,18). The molecule has 6 heteroatoms. The van der Waals surface area contributed by atoms with Crippen LogP contribution in [0.2, 0.25) is 0 Å². The first kappa shape index (κ1) is 12.3. The molecule has 0 aliphatic heterocycles. The van der Waals surface area contributed by atoms with Gasteiger partial charge in [0.15, 0.2) is 0 Å². The van der Waals surface area contributed by atoms with Crippen molar-refractivity contribution in [1.29, 1.82) is 5.26 Å². The number of benzene rings is 1. The molecule has 0 bridgehead atoms. The van der Waals surface area contributed by atoms with E-state index in [4.69, 9.17) is 5.26 Å². The van der Waals surface area contributed by atoms with Crippen LogP contribution in [0.4, 0.5) is 5.69 Å². The Morgan fingerprint density at radius 2 is 2.17 bits per heavy atom. The predicted octanol–water partition coefficient (Wildman–Crippen LogP) is 2.16. The van der Waals surface area contributed by atoms with Gasteiger partial charge in [0.05, 0.1) is 22.3 Å². The van der Waals surface area contributed by atoms with Gasteiger partial charge in [-0.15, -0.1) is 0 Å². The van der Waals surface area contributed by atoms with Gasteiger partial charge in [0.25, 0.3) is 0 Å². The van der Waals surface area contributed by atoms with Gasteiger partial charge in [0, 0.05) is 11.9 Å². The van der Waals surface area contributed by atoms with Crippen molar-refractivity contribution < 1.29 is 4.79 Å². The molecule has 0 radical (unpaired) electrons. The van der Waals surface area contributed by atoms with E-state index in [0.29, 0.717) is 11.3 Å². The molecule has 1 aromatic carbocycles. The van der Waals surface area contributed by atoms with Crippen molar-refractivity contribution in [3.63, 3.8) is 0 Å². The van der Waals surface area contributed by atoms with E-state index in [1.165, 1.54) is 4.68 Å². The summed E-state index contributed by atoms with van der Waals surface area (Å²) < 4.78 is 2.36. The molecule has 0 saturated carbocycles. The van der Waals surface area contributed by atoms with E-state index in [2.05, 4.69) is 26.3 Å². The first-order valence-electron chi connectivity index (χ1n) is 5.15. The van der Waals surface area contributed by atoms with Crippen molar-refractivity contribution in [2.45, 2.75) is 6.54 Å². The van der Waals surface area contributed by atoms with Gasteiger partial charge in [-0.1, -0.05) is 0 Å². The van der Waals surface area contributed by atoms with E-state index in [9.17, 15) is 4.79 Å². The summed E-state index contributed by atoms with van der Waals surface area (Å²) in [6.07, 6.45) is 3.34. The van der Waals surface area contributed by atoms with E-state index in [0.717, 1.165) is 4.47 Å². The van der Waals surface area contributed by atoms with Crippen LogP contribution in [0.3, 0.4) is 0 Å². The third-order valence-corrected chi connectivity index (χ3v) is 2.61. The molecule has 5 nitrogen and oxygen atoms in total. The van der Waals surface area contributed by atoms with Crippen molar-refractivity contribution >= 4 is 27.5 Å². The smallest absolute Gasteiger partial charge is 0.246 e. The average Bonchev–Trinajstić information content (AvgIpc) is 2.75. The number of hydrogen-bond acceptors (Lipinski definition) is 3. The SMILES string of the molecule is N#Cc1ccc(NC(=O)Cn2cc(Br)cn2)cc1. The molecular formula is C12H9BrN4O. The Balaban J connectivity index is 1.96. The fraction of sp³-hybridized carbons (Fsp3) is 0.0833. The van der Waals surface area contributed by atoms with Gasteiger partial charge in [-0.3, -0.25) is 9.48 Å². The minimum absolute atomic E-state index is 0.144. The second kappa shape index (κ2) is 5.47. The summed E-state index contributed by atoms with van der Waals surface area (Å²) in [5.41, 5.74) is 1.22. The summed E-state index contributed by atoms with van der Waals surface area (Å²) in [4.78, 5) is 11.7. The number of rotatable bonds is 3. The maximum Gasteiger partial charge on any atom is 0.246 e. The summed E-state index contributed by atoms with van der Waals surface area (Å²) in [6, 6.07) is 8.70. The van der Waals surface area contributed by atoms with Crippen LogP contribution in [-0.4, -0.2) is 15.7 Å². The van der Waals surface area contributed by atoms with Gasteiger partial charge in [-0.2, -0.15) is 10.4 Å². The summed E-state index contributed by atoms with van der Waals surface area (Å²) in [5, 5.41) is 15.4. The number of carbonyl (C=O) groups excluding carboxylic acids is 1. The van der Waals surface area contributed by atoms with Gasteiger partial charge in [-0.25, -0.2) is 0 Å². The Hall–Kier alpha value is -2.13. The highest BCUT2D eigenvalue weighted by Gasteiger charge is 2.04. The van der Waals surface area contributed by atoms with Crippen molar-refractivity contribution in [3.05, 3.63) is 46.7 Å². The molecule has 0 aliphatic carbocycles. The van der Waals surface area contributed by atoms with E-state index in [1.54, 1.807) is 36.7 Å². The van der Waals surface area contributed by atoms with Gasteiger partial charge in [0.2, 0.25) is 5.91 Å². The van der Waals surface area contributed by atoms with Crippen molar-refractivity contribution in [2.75, 3.05) is 5.32 Å². The molecule has 1 aromatic heterocycles. The summed E-state index contributed by atoms with van der Waals surface area (Å²) in [5.74, 6) is -0.171. The topological polar surface area (TPSA) is 70.7 Å². The normalized spacial score (nSPS) is 9.78. The molecule has 18 heavy (non-hydrogen) atoms. The number of nitriles is 1. The van der Waals surface area contributed by atoms with Crippen LogP contribution in [0.1, 0.15) is 5.56 Å². The van der Waals surface area contributed by atoms with Crippen LogP contribution in [0.5, 0.6) is 0 Å². The first-order chi connectivity index (χ1) is 8.67. The molecule has 2 aromatic rings. The number of nitrogens with zero attached hydrogens (tertiary/aromatic N) is 3. The lowest BCUT2D eigenvalue weighted by Gasteiger charge is -2.05. The molecule has 0 atom stereocenters. The number of hydrogen-bond donors (Lipinski definition) is 1. The molecule has 1 heterocycles. The van der Waals surface area contributed by atoms with Gasteiger partial charge in [0.1, 0.15) is 6.54 Å². The summed E-state index contributed by atoms with van der Waals surface area (Å²) >= 11 is 3.26. The molecule has 0 fully saturated rings. The van der Waals surface area contributed by atoms with E-state index >= 15 is 0 Å². The van der Waals surface area contributed by atoms with Crippen molar-refractivity contribution in [2.24, 2.45) is 0 Å². The van der Waals surface area contributed by atoms with Crippen LogP contribution in [-0.2, 0) is 11.3 Å². The number of aromatic nitrogens is 2. The third-order valence-electron chi connectivity index (χ3n) is 2.21. The quantitative estimate of drug-likeness (QED) is 0.944. The lowest BCUT2D eigenvalue weighted by molar-refractivity contribution is -0.116. The Bertz CT molecular complexity index is 597. The monoisotopic (exact) mass is 304 g/mol. The van der Waals surface area contributed by atoms with Crippen LogP contribution >= 0.6 is 15.9 Å². The number of carbonyl (C=O) groups is 1. The van der Waals surface area contributed by atoms with Gasteiger partial charge < -0.3 is 5.32 Å². The number of nitrogens with one attached hydrogen (secondary N) is 1. The van der Waals surface area contributed by atoms with Crippen LogP contribution in [0.25, 0.3) is 0 Å². The third kappa shape index (κ3) is 3.18. The molecule has 90 valence electrons. The molecular weight excluding hydrogens is 296 g/mol. The highest BCUT2D eigenvalue weighted by atomic mass is 79.9. The fourth-order valence-corrected chi connectivity index (χ4v) is 1.73. The van der Waals surface area contributed by atoms with Gasteiger partial charge in [-0.05, 0) is 40.2 Å². The van der Waals surface area contributed by atoms with E-state index < -0.39 is 0 Å². The molecule has 0 spiro atoms. The number of halogens is 1. The van der Waals surface area contributed by atoms with Crippen LogP contribution in [0, 0.1) is 11.3 Å². The summed E-state index contributed by atoms with van der Waals surface area (Å²) in [7, 11) is 0. The number of amides is 1. The number of anilines is 1. The van der Waals surface area contributed by atoms with E-state index in [-0.39, 0.29) is 12.5 Å².